The van der Waals surface area contributed by atoms with Crippen LogP contribution < -0.4 is 22.0 Å². The molecule has 0 spiro atoms. The lowest BCUT2D eigenvalue weighted by Gasteiger charge is -1.96. The quantitative estimate of drug-likeness (QED) is 0.146. The molecule has 1 aliphatic heterocycles. The first-order valence-corrected chi connectivity index (χ1v) is 14.1. The molecule has 200 valence electrons. The second kappa shape index (κ2) is 8.66. The van der Waals surface area contributed by atoms with Gasteiger partial charge >= 0.3 is 0 Å². The Morgan fingerprint density at radius 1 is 0.357 bits per heavy atom. The van der Waals surface area contributed by atoms with E-state index in [0.29, 0.717) is 55.3 Å². The fraction of sp³-hybridized carbons (Fsp3) is 0. The van der Waals surface area contributed by atoms with Crippen LogP contribution in [0.4, 0.5) is 23.3 Å². The highest BCUT2D eigenvalue weighted by Crippen LogP contribution is 2.35. The van der Waals surface area contributed by atoms with Crippen LogP contribution in [-0.2, 0) is 0 Å². The first kappa shape index (κ1) is 23.5. The highest BCUT2D eigenvalue weighted by Gasteiger charge is 2.15. The van der Waals surface area contributed by atoms with Crippen LogP contribution in [0.3, 0.4) is 0 Å². The average Bonchev–Trinajstić information content (AvgIpc) is 3.73. The summed E-state index contributed by atoms with van der Waals surface area (Å²) >= 11 is 13.0. The van der Waals surface area contributed by atoms with Gasteiger partial charge in [0.15, 0.2) is 0 Å². The van der Waals surface area contributed by atoms with Crippen LogP contribution in [0.5, 0.6) is 0 Å². The topological polar surface area (TPSA) is 113 Å². The van der Waals surface area contributed by atoms with Crippen LogP contribution >= 0.6 is 23.2 Å². The Bertz CT molecular complexity index is 2490. The lowest BCUT2D eigenvalue weighted by atomic mass is 10.2. The molecule has 8 nitrogen and oxygen atoms in total. The molecule has 5 heterocycles. The lowest BCUT2D eigenvalue weighted by molar-refractivity contribution is 1.08. The van der Waals surface area contributed by atoms with E-state index in [2.05, 4.69) is 19.9 Å². The van der Waals surface area contributed by atoms with Gasteiger partial charge in [-0.15, -0.1) is 0 Å². The normalized spacial score (nSPS) is 12.8. The maximum atomic E-state index is 6.49. The Morgan fingerprint density at radius 2 is 0.643 bits per heavy atom. The molecule has 8 aromatic rings. The summed E-state index contributed by atoms with van der Waals surface area (Å²) in [4.78, 5) is 34.0. The standard InChI is InChI=1S/C32H18Cl2N8/c33-23-13-21-22(14-24(23)34)32-41-30-20-12-6-4-10-18(20)28(39-30)37-26-16-8-2-1-7-15(16)25(35-26)36-27-17-9-3-5-11-19(17)29(38-27)40-31(21)42-32/h1-14H,(H4,35,36,37,38,39,40,41,42). The molecule has 9 rings (SSSR count). The van der Waals surface area contributed by atoms with Crippen molar-refractivity contribution >= 4 is 89.6 Å². The van der Waals surface area contributed by atoms with Gasteiger partial charge in [-0.2, -0.15) is 0 Å². The van der Waals surface area contributed by atoms with Crippen molar-refractivity contribution in [1.29, 1.82) is 0 Å². The van der Waals surface area contributed by atoms with Gasteiger partial charge < -0.3 is 19.9 Å². The smallest absolute Gasteiger partial charge is 0.142 e. The van der Waals surface area contributed by atoms with Crippen LogP contribution in [0.25, 0.3) is 43.1 Å². The van der Waals surface area contributed by atoms with Gasteiger partial charge in [-0.25, -0.2) is 20.0 Å². The molecule has 0 unspecified atom stereocenters. The largest absolute Gasteiger partial charge is 0.324 e. The number of nitrogens with zero attached hydrogens (tertiary/aromatic N) is 4. The van der Waals surface area contributed by atoms with E-state index in [-0.39, 0.29) is 0 Å². The summed E-state index contributed by atoms with van der Waals surface area (Å²) in [5, 5.41) is 8.14. The maximum Gasteiger partial charge on any atom is 0.142 e. The second-order valence-electron chi connectivity index (χ2n) is 10.2. The van der Waals surface area contributed by atoms with E-state index < -0.39 is 0 Å². The van der Waals surface area contributed by atoms with Crippen LogP contribution in [0.1, 0.15) is 0 Å². The van der Waals surface area contributed by atoms with Gasteiger partial charge in [-0.1, -0.05) is 96.0 Å². The fourth-order valence-electron chi connectivity index (χ4n) is 5.77. The highest BCUT2D eigenvalue weighted by molar-refractivity contribution is 6.42. The van der Waals surface area contributed by atoms with Gasteiger partial charge in [0.1, 0.15) is 45.2 Å². The number of hydrogen-bond donors (Lipinski definition) is 4. The zero-order chi connectivity index (χ0) is 27.9. The van der Waals surface area contributed by atoms with Gasteiger partial charge in [0.25, 0.3) is 0 Å². The Morgan fingerprint density at radius 3 is 0.976 bits per heavy atom. The van der Waals surface area contributed by atoms with Gasteiger partial charge in [0.05, 0.1) is 10.0 Å². The third-order valence-corrected chi connectivity index (χ3v) is 8.45. The van der Waals surface area contributed by atoms with Crippen molar-refractivity contribution < 1.29 is 0 Å². The number of aromatic amines is 4. The zero-order valence-electron chi connectivity index (χ0n) is 21.6. The molecule has 0 amide bonds. The average molecular weight is 585 g/mol. The molecule has 0 fully saturated rings. The van der Waals surface area contributed by atoms with Crippen molar-refractivity contribution in [3.63, 3.8) is 0 Å². The van der Waals surface area contributed by atoms with Gasteiger partial charge in [0.2, 0.25) is 0 Å². The third-order valence-electron chi connectivity index (χ3n) is 7.72. The first-order chi connectivity index (χ1) is 20.6. The Balaban J connectivity index is 1.51. The number of benzene rings is 4. The van der Waals surface area contributed by atoms with E-state index in [1.54, 1.807) is 0 Å². The summed E-state index contributed by atoms with van der Waals surface area (Å²) in [7, 11) is 0. The minimum atomic E-state index is 0.435. The summed E-state index contributed by atoms with van der Waals surface area (Å²) in [5.41, 5.74) is 2.59. The Labute approximate surface area is 245 Å². The molecule has 4 aromatic carbocycles. The maximum absolute atomic E-state index is 6.49. The summed E-state index contributed by atoms with van der Waals surface area (Å²) in [6.45, 7) is 0. The van der Waals surface area contributed by atoms with Crippen molar-refractivity contribution in [1.82, 2.24) is 19.9 Å². The molecule has 4 N–H and O–H groups in total. The van der Waals surface area contributed by atoms with E-state index in [1.807, 2.05) is 84.9 Å². The molecule has 0 saturated carbocycles. The fourth-order valence-corrected chi connectivity index (χ4v) is 6.09. The summed E-state index contributed by atoms with van der Waals surface area (Å²) < 4.78 is 0. The van der Waals surface area contributed by atoms with Crippen molar-refractivity contribution in [3.8, 4) is 0 Å². The molecular weight excluding hydrogens is 567 g/mol. The van der Waals surface area contributed by atoms with E-state index in [4.69, 9.17) is 43.2 Å². The highest BCUT2D eigenvalue weighted by atomic mass is 35.5. The number of rotatable bonds is 0. The van der Waals surface area contributed by atoms with Crippen molar-refractivity contribution in [3.05, 3.63) is 117 Å². The van der Waals surface area contributed by atoms with Crippen LogP contribution in [-0.4, -0.2) is 19.9 Å². The van der Waals surface area contributed by atoms with Crippen molar-refractivity contribution in [2.24, 2.45) is 20.0 Å². The van der Waals surface area contributed by atoms with E-state index in [9.17, 15) is 0 Å². The molecular formula is C32H18Cl2N8. The molecule has 0 atom stereocenters. The van der Waals surface area contributed by atoms with E-state index >= 15 is 0 Å². The van der Waals surface area contributed by atoms with Crippen LogP contribution in [0, 0.1) is 0 Å². The van der Waals surface area contributed by atoms with Crippen LogP contribution in [0.2, 0.25) is 10.0 Å². The third kappa shape index (κ3) is 3.43. The molecule has 4 aromatic heterocycles. The Kier molecular flexibility index (Phi) is 4.85. The first-order valence-electron chi connectivity index (χ1n) is 13.3. The SMILES string of the molecule is Clc1cc2c3[nH]c(c2cc1Cl)=Nc1[nH]c(c2ccccc12)N=c1[nH]c(c2ccccc12)=Nc1[nH]c(c2ccccc12)N=3. The number of aromatic nitrogens is 4. The van der Waals surface area contributed by atoms with Crippen molar-refractivity contribution in [2.75, 3.05) is 0 Å². The molecule has 0 radical (unpaired) electrons. The molecule has 10 heteroatoms. The summed E-state index contributed by atoms with van der Waals surface area (Å²) in [6, 6.07) is 27.8. The van der Waals surface area contributed by atoms with Crippen LogP contribution in [0.15, 0.2) is 105 Å². The second-order valence-corrected chi connectivity index (χ2v) is 11.0. The van der Waals surface area contributed by atoms with E-state index in [1.165, 1.54) is 0 Å². The predicted molar refractivity (Wildman–Crippen MR) is 166 cm³/mol. The Hall–Kier alpha value is -5.18. The number of halogens is 2. The molecule has 0 saturated heterocycles. The number of H-pyrrole nitrogens is 4. The number of fused-ring (bicyclic) bond motifs is 20. The zero-order valence-corrected chi connectivity index (χ0v) is 23.1. The summed E-state index contributed by atoms with van der Waals surface area (Å²) in [5.74, 6) is 2.69. The molecule has 42 heavy (non-hydrogen) atoms. The van der Waals surface area contributed by atoms with E-state index in [0.717, 1.165) is 43.1 Å². The minimum absolute atomic E-state index is 0.435. The predicted octanol–water partition coefficient (Wildman–Crippen LogP) is 7.04. The molecule has 8 bridgehead atoms. The van der Waals surface area contributed by atoms with Gasteiger partial charge in [0, 0.05) is 43.1 Å². The summed E-state index contributed by atoms with van der Waals surface area (Å²) in [6.07, 6.45) is 0. The number of nitrogens with one attached hydrogen (secondary N) is 4. The molecule has 0 aliphatic carbocycles. The molecule has 1 aliphatic rings. The van der Waals surface area contributed by atoms with Gasteiger partial charge in [-0.3, -0.25) is 0 Å². The lowest BCUT2D eigenvalue weighted by Crippen LogP contribution is -2.10. The van der Waals surface area contributed by atoms with Gasteiger partial charge in [-0.05, 0) is 12.1 Å². The number of hydrogen-bond acceptors (Lipinski definition) is 4. The van der Waals surface area contributed by atoms with Crippen molar-refractivity contribution in [2.45, 2.75) is 0 Å². The monoisotopic (exact) mass is 584 g/mol. The minimum Gasteiger partial charge on any atom is -0.324 e.